The van der Waals surface area contributed by atoms with Crippen LogP contribution in [0.2, 0.25) is 0 Å². The average molecular weight is 396 g/mol. The fraction of sp³-hybridized carbons (Fsp3) is 0.200. The number of anilines is 1. The molecule has 0 aliphatic rings. The van der Waals surface area contributed by atoms with Gasteiger partial charge in [0.05, 0.1) is 0 Å². The van der Waals surface area contributed by atoms with Gasteiger partial charge >= 0.3 is 0 Å². The van der Waals surface area contributed by atoms with Gasteiger partial charge in [-0.1, -0.05) is 42.5 Å². The molecule has 0 aliphatic heterocycles. The van der Waals surface area contributed by atoms with E-state index in [0.29, 0.717) is 22.8 Å². The molecule has 1 aromatic heterocycles. The van der Waals surface area contributed by atoms with Crippen molar-refractivity contribution in [2.45, 2.75) is 20.0 Å². The van der Waals surface area contributed by atoms with Crippen molar-refractivity contribution in [2.24, 2.45) is 0 Å². The van der Waals surface area contributed by atoms with Crippen LogP contribution in [0.15, 0.2) is 54.6 Å². The summed E-state index contributed by atoms with van der Waals surface area (Å²) < 4.78 is 5.61. The zero-order valence-electron chi connectivity index (χ0n) is 15.3. The van der Waals surface area contributed by atoms with E-state index >= 15 is 0 Å². The molecular formula is C20H20N4O3S. The van der Waals surface area contributed by atoms with Gasteiger partial charge in [-0.2, -0.15) is 0 Å². The standard InChI is InChI=1S/C20H20N4O3S/c1-2-11-21-18(25)14-7-6-8-15(12-14)22-19(26)20-24-23-17(28-20)13-27-16-9-4-3-5-10-16/h3-10,12H,2,11,13H2,1H3,(H,21,25)(H,22,26). The third kappa shape index (κ3) is 5.37. The summed E-state index contributed by atoms with van der Waals surface area (Å²) >= 11 is 1.16. The van der Waals surface area contributed by atoms with Gasteiger partial charge in [0, 0.05) is 17.8 Å². The van der Waals surface area contributed by atoms with E-state index in [1.165, 1.54) is 0 Å². The Bertz CT molecular complexity index is 943. The molecule has 28 heavy (non-hydrogen) atoms. The van der Waals surface area contributed by atoms with Crippen LogP contribution in [0.1, 0.15) is 38.5 Å². The molecular weight excluding hydrogens is 376 g/mol. The Morgan fingerprint density at radius 2 is 1.86 bits per heavy atom. The lowest BCUT2D eigenvalue weighted by Crippen LogP contribution is -2.24. The topological polar surface area (TPSA) is 93.2 Å². The summed E-state index contributed by atoms with van der Waals surface area (Å²) in [5.74, 6) is 0.172. The summed E-state index contributed by atoms with van der Waals surface area (Å²) in [6.07, 6.45) is 0.857. The number of para-hydroxylation sites is 1. The maximum Gasteiger partial charge on any atom is 0.286 e. The van der Waals surface area contributed by atoms with Gasteiger partial charge in [-0.05, 0) is 36.8 Å². The molecule has 0 radical (unpaired) electrons. The number of benzene rings is 2. The van der Waals surface area contributed by atoms with Gasteiger partial charge in [0.25, 0.3) is 11.8 Å². The van der Waals surface area contributed by atoms with E-state index in [4.69, 9.17) is 4.74 Å². The van der Waals surface area contributed by atoms with Gasteiger partial charge in [-0.3, -0.25) is 9.59 Å². The minimum atomic E-state index is -0.380. The highest BCUT2D eigenvalue weighted by molar-refractivity contribution is 7.13. The fourth-order valence-electron chi connectivity index (χ4n) is 2.33. The summed E-state index contributed by atoms with van der Waals surface area (Å²) in [5, 5.41) is 14.3. The van der Waals surface area contributed by atoms with Crippen molar-refractivity contribution in [1.82, 2.24) is 15.5 Å². The number of nitrogens with zero attached hydrogens (tertiary/aromatic N) is 2. The molecule has 0 unspecified atom stereocenters. The van der Waals surface area contributed by atoms with E-state index in [2.05, 4.69) is 20.8 Å². The van der Waals surface area contributed by atoms with Gasteiger partial charge in [0.15, 0.2) is 5.01 Å². The van der Waals surface area contributed by atoms with Gasteiger partial charge in [0.1, 0.15) is 12.4 Å². The predicted octanol–water partition coefficient (Wildman–Crippen LogP) is 3.51. The Labute approximate surface area is 166 Å². The Morgan fingerprint density at radius 3 is 2.64 bits per heavy atom. The normalized spacial score (nSPS) is 10.3. The molecule has 0 aliphatic carbocycles. The van der Waals surface area contributed by atoms with Gasteiger partial charge in [0.2, 0.25) is 5.01 Å². The van der Waals surface area contributed by atoms with Gasteiger partial charge < -0.3 is 15.4 Å². The molecule has 1 heterocycles. The van der Waals surface area contributed by atoms with Crippen LogP contribution in [0.25, 0.3) is 0 Å². The van der Waals surface area contributed by atoms with Crippen molar-refractivity contribution in [3.05, 3.63) is 70.2 Å². The van der Waals surface area contributed by atoms with Crippen LogP contribution in [0, 0.1) is 0 Å². The second-order valence-corrected chi connectivity index (χ2v) is 6.96. The van der Waals surface area contributed by atoms with E-state index in [1.54, 1.807) is 24.3 Å². The van der Waals surface area contributed by atoms with E-state index in [1.807, 2.05) is 37.3 Å². The second-order valence-electron chi connectivity index (χ2n) is 5.89. The molecule has 0 bridgehead atoms. The minimum absolute atomic E-state index is 0.172. The first kappa shape index (κ1) is 19.5. The molecule has 0 spiro atoms. The lowest BCUT2D eigenvalue weighted by molar-refractivity contribution is 0.0952. The first-order chi connectivity index (χ1) is 13.7. The monoisotopic (exact) mass is 396 g/mol. The first-order valence-electron chi connectivity index (χ1n) is 8.85. The molecule has 2 amide bonds. The summed E-state index contributed by atoms with van der Waals surface area (Å²) in [5.41, 5.74) is 1.01. The largest absolute Gasteiger partial charge is 0.486 e. The summed E-state index contributed by atoms with van der Waals surface area (Å²) in [7, 11) is 0. The van der Waals surface area contributed by atoms with Crippen LogP contribution >= 0.6 is 11.3 Å². The van der Waals surface area contributed by atoms with E-state index in [0.717, 1.165) is 23.5 Å². The number of hydrogen-bond donors (Lipinski definition) is 2. The Morgan fingerprint density at radius 1 is 1.04 bits per heavy atom. The summed E-state index contributed by atoms with van der Waals surface area (Å²) in [4.78, 5) is 24.5. The van der Waals surface area contributed by atoms with Crippen molar-refractivity contribution in [2.75, 3.05) is 11.9 Å². The number of aromatic nitrogens is 2. The molecule has 0 atom stereocenters. The highest BCUT2D eigenvalue weighted by Gasteiger charge is 2.14. The van der Waals surface area contributed by atoms with Crippen LogP contribution in [0.4, 0.5) is 5.69 Å². The fourth-order valence-corrected chi connectivity index (χ4v) is 2.98. The SMILES string of the molecule is CCCNC(=O)c1cccc(NC(=O)c2nnc(COc3ccccc3)s2)c1. The predicted molar refractivity (Wildman–Crippen MR) is 108 cm³/mol. The van der Waals surface area contributed by atoms with Crippen LogP contribution < -0.4 is 15.4 Å². The van der Waals surface area contributed by atoms with E-state index in [-0.39, 0.29) is 23.4 Å². The van der Waals surface area contributed by atoms with Crippen LogP contribution in [0.5, 0.6) is 5.75 Å². The quantitative estimate of drug-likeness (QED) is 0.608. The van der Waals surface area contributed by atoms with Crippen molar-refractivity contribution < 1.29 is 14.3 Å². The number of rotatable bonds is 8. The minimum Gasteiger partial charge on any atom is -0.486 e. The molecule has 2 aromatic carbocycles. The summed E-state index contributed by atoms with van der Waals surface area (Å²) in [6.45, 7) is 2.83. The molecule has 144 valence electrons. The van der Waals surface area contributed by atoms with E-state index < -0.39 is 0 Å². The van der Waals surface area contributed by atoms with Crippen molar-refractivity contribution in [3.63, 3.8) is 0 Å². The van der Waals surface area contributed by atoms with Crippen LogP contribution in [-0.2, 0) is 6.61 Å². The molecule has 0 saturated carbocycles. The number of carbonyl (C=O) groups excluding carboxylic acids is 2. The average Bonchev–Trinajstić information content (AvgIpc) is 3.21. The van der Waals surface area contributed by atoms with Crippen molar-refractivity contribution >= 4 is 28.8 Å². The Balaban J connectivity index is 1.59. The molecule has 7 nitrogen and oxygen atoms in total. The highest BCUT2D eigenvalue weighted by Crippen LogP contribution is 2.17. The number of hydrogen-bond acceptors (Lipinski definition) is 6. The highest BCUT2D eigenvalue weighted by atomic mass is 32.1. The molecule has 3 aromatic rings. The van der Waals surface area contributed by atoms with Gasteiger partial charge in [-0.15, -0.1) is 10.2 Å². The van der Waals surface area contributed by atoms with E-state index in [9.17, 15) is 9.59 Å². The zero-order chi connectivity index (χ0) is 19.8. The van der Waals surface area contributed by atoms with Crippen LogP contribution in [0.3, 0.4) is 0 Å². The zero-order valence-corrected chi connectivity index (χ0v) is 16.2. The lowest BCUT2D eigenvalue weighted by atomic mass is 10.2. The summed E-state index contributed by atoms with van der Waals surface area (Å²) in [6, 6.07) is 16.1. The van der Waals surface area contributed by atoms with Crippen molar-refractivity contribution in [1.29, 1.82) is 0 Å². The Kier molecular flexibility index (Phi) is 6.69. The van der Waals surface area contributed by atoms with Gasteiger partial charge in [-0.25, -0.2) is 0 Å². The molecule has 8 heteroatoms. The second kappa shape index (κ2) is 9.61. The maximum atomic E-state index is 12.4. The van der Waals surface area contributed by atoms with Crippen molar-refractivity contribution in [3.8, 4) is 5.75 Å². The molecule has 3 rings (SSSR count). The number of nitrogens with one attached hydrogen (secondary N) is 2. The third-order valence-corrected chi connectivity index (χ3v) is 4.58. The first-order valence-corrected chi connectivity index (χ1v) is 9.67. The Hall–Kier alpha value is -3.26. The maximum absolute atomic E-state index is 12.4. The number of ether oxygens (including phenoxy) is 1. The molecule has 2 N–H and O–H groups in total. The number of amides is 2. The smallest absolute Gasteiger partial charge is 0.286 e. The lowest BCUT2D eigenvalue weighted by Gasteiger charge is -2.06. The number of carbonyl (C=O) groups is 2. The third-order valence-electron chi connectivity index (χ3n) is 3.68. The molecule has 0 fully saturated rings. The molecule has 0 saturated heterocycles. The van der Waals surface area contributed by atoms with Crippen LogP contribution in [-0.4, -0.2) is 28.6 Å².